The van der Waals surface area contributed by atoms with Crippen LogP contribution >= 0.6 is 0 Å². The van der Waals surface area contributed by atoms with Crippen LogP contribution in [-0.4, -0.2) is 30.4 Å². The van der Waals surface area contributed by atoms with E-state index in [9.17, 15) is 4.79 Å². The van der Waals surface area contributed by atoms with Crippen LogP contribution in [0.3, 0.4) is 0 Å². The summed E-state index contributed by atoms with van der Waals surface area (Å²) in [6.45, 7) is 4.07. The van der Waals surface area contributed by atoms with Gasteiger partial charge >= 0.3 is 0 Å². The van der Waals surface area contributed by atoms with Gasteiger partial charge in [0.2, 0.25) is 5.91 Å². The molecule has 4 nitrogen and oxygen atoms in total. The van der Waals surface area contributed by atoms with E-state index in [-0.39, 0.29) is 12.5 Å². The van der Waals surface area contributed by atoms with Crippen LogP contribution in [0.4, 0.5) is 0 Å². The van der Waals surface area contributed by atoms with Crippen molar-refractivity contribution in [1.29, 1.82) is 0 Å². The molecule has 4 heteroatoms. The van der Waals surface area contributed by atoms with Crippen molar-refractivity contribution in [3.05, 3.63) is 35.4 Å². The minimum absolute atomic E-state index is 0.0487. The van der Waals surface area contributed by atoms with Gasteiger partial charge in [-0.15, -0.1) is 0 Å². The molecule has 1 heterocycles. The van der Waals surface area contributed by atoms with Crippen molar-refractivity contribution in [1.82, 2.24) is 10.2 Å². The Kier molecular flexibility index (Phi) is 5.36. The third kappa shape index (κ3) is 4.65. The van der Waals surface area contributed by atoms with Gasteiger partial charge in [-0.3, -0.25) is 9.69 Å². The smallest absolute Gasteiger partial charge is 0.234 e. The maximum atomic E-state index is 11.1. The average molecular weight is 261 g/mol. The zero-order valence-corrected chi connectivity index (χ0v) is 11.4. The van der Waals surface area contributed by atoms with Gasteiger partial charge in [0.15, 0.2) is 0 Å². The van der Waals surface area contributed by atoms with E-state index < -0.39 is 0 Å². The molecule has 0 radical (unpaired) electrons. The van der Waals surface area contributed by atoms with Crippen LogP contribution in [0.5, 0.6) is 0 Å². The van der Waals surface area contributed by atoms with Gasteiger partial charge in [-0.1, -0.05) is 30.7 Å². The minimum Gasteiger partial charge on any atom is -0.351 e. The molecule has 0 aliphatic carbocycles. The molecule has 1 amide bonds. The Labute approximate surface area is 115 Å². The van der Waals surface area contributed by atoms with Crippen LogP contribution in [0.15, 0.2) is 24.3 Å². The second-order valence-electron chi connectivity index (χ2n) is 5.13. The Morgan fingerprint density at radius 2 is 1.74 bits per heavy atom. The summed E-state index contributed by atoms with van der Waals surface area (Å²) in [7, 11) is 0. The van der Waals surface area contributed by atoms with E-state index in [0.29, 0.717) is 6.54 Å². The quantitative estimate of drug-likeness (QED) is 0.838. The molecule has 104 valence electrons. The van der Waals surface area contributed by atoms with E-state index in [2.05, 4.69) is 34.5 Å². The Balaban J connectivity index is 1.82. The zero-order valence-electron chi connectivity index (χ0n) is 11.4. The summed E-state index contributed by atoms with van der Waals surface area (Å²) in [5, 5.41) is 2.78. The minimum atomic E-state index is -0.114. The van der Waals surface area contributed by atoms with Gasteiger partial charge in [-0.25, -0.2) is 0 Å². The maximum absolute atomic E-state index is 11.1. The highest BCUT2D eigenvalue weighted by Gasteiger charge is 2.10. The van der Waals surface area contributed by atoms with Crippen molar-refractivity contribution < 1.29 is 4.79 Å². The number of rotatable bonds is 5. The highest BCUT2D eigenvalue weighted by atomic mass is 16.1. The van der Waals surface area contributed by atoms with Crippen molar-refractivity contribution in [3.8, 4) is 0 Å². The molecule has 1 aliphatic heterocycles. The number of hydrogen-bond acceptors (Lipinski definition) is 3. The van der Waals surface area contributed by atoms with E-state index >= 15 is 0 Å². The monoisotopic (exact) mass is 261 g/mol. The van der Waals surface area contributed by atoms with E-state index in [1.807, 2.05) is 0 Å². The summed E-state index contributed by atoms with van der Waals surface area (Å²) >= 11 is 0. The Morgan fingerprint density at radius 1 is 1.11 bits per heavy atom. The SMILES string of the molecule is NCC(=O)NCc1ccc(CN2CCCCC2)cc1. The van der Waals surface area contributed by atoms with Crippen LogP contribution in [0.1, 0.15) is 30.4 Å². The largest absolute Gasteiger partial charge is 0.351 e. The molecule has 3 N–H and O–H groups in total. The van der Waals surface area contributed by atoms with Crippen LogP contribution in [0, 0.1) is 0 Å². The standard InChI is InChI=1S/C15H23N3O/c16-10-15(19)17-11-13-4-6-14(7-5-13)12-18-8-2-1-3-9-18/h4-7H,1-3,8-12,16H2,(H,17,19). The van der Waals surface area contributed by atoms with Crippen LogP contribution < -0.4 is 11.1 Å². The van der Waals surface area contributed by atoms with Gasteiger partial charge in [0, 0.05) is 13.1 Å². The number of nitrogens with two attached hydrogens (primary N) is 1. The lowest BCUT2D eigenvalue weighted by Gasteiger charge is -2.26. The summed E-state index contributed by atoms with van der Waals surface area (Å²) < 4.78 is 0. The number of hydrogen-bond donors (Lipinski definition) is 2. The van der Waals surface area contributed by atoms with Crippen molar-refractivity contribution in [3.63, 3.8) is 0 Å². The maximum Gasteiger partial charge on any atom is 0.234 e. The molecule has 0 bridgehead atoms. The second-order valence-corrected chi connectivity index (χ2v) is 5.13. The molecular weight excluding hydrogens is 238 g/mol. The third-order valence-electron chi connectivity index (χ3n) is 3.55. The predicted octanol–water partition coefficient (Wildman–Crippen LogP) is 1.25. The lowest BCUT2D eigenvalue weighted by atomic mass is 10.1. The number of piperidine rings is 1. The predicted molar refractivity (Wildman–Crippen MR) is 76.5 cm³/mol. The first-order valence-corrected chi connectivity index (χ1v) is 7.05. The summed E-state index contributed by atoms with van der Waals surface area (Å²) in [6.07, 6.45) is 4.02. The molecule has 1 fully saturated rings. The van der Waals surface area contributed by atoms with Gasteiger partial charge in [0.25, 0.3) is 0 Å². The van der Waals surface area contributed by atoms with Crippen LogP contribution in [0.2, 0.25) is 0 Å². The Morgan fingerprint density at radius 3 is 2.37 bits per heavy atom. The van der Waals surface area contributed by atoms with Crippen LogP contribution in [0.25, 0.3) is 0 Å². The van der Waals surface area contributed by atoms with Gasteiger partial charge < -0.3 is 11.1 Å². The number of benzene rings is 1. The van der Waals surface area contributed by atoms with E-state index in [0.717, 1.165) is 12.1 Å². The Hall–Kier alpha value is -1.39. The molecule has 1 saturated heterocycles. The number of carbonyl (C=O) groups is 1. The Bertz CT molecular complexity index is 396. The number of nitrogens with zero attached hydrogens (tertiary/aromatic N) is 1. The number of amides is 1. The molecule has 19 heavy (non-hydrogen) atoms. The fourth-order valence-electron chi connectivity index (χ4n) is 2.41. The van der Waals surface area contributed by atoms with Gasteiger partial charge in [0.05, 0.1) is 6.54 Å². The number of nitrogens with one attached hydrogen (secondary N) is 1. The summed E-state index contributed by atoms with van der Waals surface area (Å²) in [5.74, 6) is -0.114. The molecular formula is C15H23N3O. The highest BCUT2D eigenvalue weighted by molar-refractivity contribution is 5.77. The van der Waals surface area contributed by atoms with Crippen molar-refractivity contribution in [2.75, 3.05) is 19.6 Å². The van der Waals surface area contributed by atoms with Gasteiger partial charge in [0.1, 0.15) is 0 Å². The van der Waals surface area contributed by atoms with Gasteiger partial charge in [-0.05, 0) is 37.1 Å². The summed E-state index contributed by atoms with van der Waals surface area (Å²) in [6, 6.07) is 8.46. The topological polar surface area (TPSA) is 58.4 Å². The van der Waals surface area contributed by atoms with Crippen molar-refractivity contribution in [2.45, 2.75) is 32.4 Å². The molecule has 0 aromatic heterocycles. The van der Waals surface area contributed by atoms with Gasteiger partial charge in [-0.2, -0.15) is 0 Å². The molecule has 0 unspecified atom stereocenters. The molecule has 1 aromatic rings. The first-order valence-electron chi connectivity index (χ1n) is 7.05. The fourth-order valence-corrected chi connectivity index (χ4v) is 2.41. The molecule has 2 rings (SSSR count). The normalized spacial score (nSPS) is 16.3. The van der Waals surface area contributed by atoms with Crippen molar-refractivity contribution >= 4 is 5.91 Å². The lowest BCUT2D eigenvalue weighted by molar-refractivity contribution is -0.119. The second kappa shape index (κ2) is 7.26. The molecule has 1 aromatic carbocycles. The fraction of sp³-hybridized carbons (Fsp3) is 0.533. The molecule has 1 aliphatic rings. The number of carbonyl (C=O) groups excluding carboxylic acids is 1. The average Bonchev–Trinajstić information content (AvgIpc) is 2.47. The summed E-state index contributed by atoms with van der Waals surface area (Å²) in [5.41, 5.74) is 7.71. The van der Waals surface area contributed by atoms with E-state index in [4.69, 9.17) is 5.73 Å². The first-order chi connectivity index (χ1) is 9.28. The third-order valence-corrected chi connectivity index (χ3v) is 3.55. The molecule has 0 spiro atoms. The zero-order chi connectivity index (χ0) is 13.5. The summed E-state index contributed by atoms with van der Waals surface area (Å²) in [4.78, 5) is 13.6. The number of likely N-dealkylation sites (tertiary alicyclic amines) is 1. The van der Waals surface area contributed by atoms with Crippen molar-refractivity contribution in [2.24, 2.45) is 5.73 Å². The van der Waals surface area contributed by atoms with E-state index in [1.54, 1.807) is 0 Å². The van der Waals surface area contributed by atoms with Crippen LogP contribution in [-0.2, 0) is 17.9 Å². The highest BCUT2D eigenvalue weighted by Crippen LogP contribution is 2.13. The molecule has 0 atom stereocenters. The van der Waals surface area contributed by atoms with E-state index in [1.165, 1.54) is 37.9 Å². The first kappa shape index (κ1) is 14.0. The lowest BCUT2D eigenvalue weighted by Crippen LogP contribution is -2.30. The molecule has 0 saturated carbocycles.